The molecule has 0 aliphatic carbocycles. The molecule has 106 valence electrons. The van der Waals surface area contributed by atoms with Gasteiger partial charge in [-0.05, 0) is 45.0 Å². The highest BCUT2D eigenvalue weighted by atomic mass is 16.3. The van der Waals surface area contributed by atoms with Crippen molar-refractivity contribution in [1.82, 2.24) is 15.6 Å². The van der Waals surface area contributed by atoms with Crippen molar-refractivity contribution in [1.29, 1.82) is 0 Å². The molecule has 1 fully saturated rings. The van der Waals surface area contributed by atoms with Crippen LogP contribution >= 0.6 is 0 Å². The zero-order valence-corrected chi connectivity index (χ0v) is 11.3. The van der Waals surface area contributed by atoms with Crippen LogP contribution in [0, 0.1) is 5.92 Å². The highest BCUT2D eigenvalue weighted by Crippen LogP contribution is 2.20. The maximum atomic E-state index is 11.6. The molecule has 4 N–H and O–H groups in total. The van der Waals surface area contributed by atoms with E-state index in [-0.39, 0.29) is 5.91 Å². The van der Waals surface area contributed by atoms with Gasteiger partial charge in [-0.15, -0.1) is 0 Å². The number of nitrogens with zero attached hydrogens (tertiary/aromatic N) is 1. The monoisotopic (exact) mass is 266 g/mol. The molecule has 0 aromatic carbocycles. The minimum Gasteiger partial charge on any atom is -0.467 e. The molecule has 1 atom stereocenters. The summed E-state index contributed by atoms with van der Waals surface area (Å²) >= 11 is 0. The van der Waals surface area contributed by atoms with Crippen LogP contribution in [0.3, 0.4) is 0 Å². The third-order valence-corrected chi connectivity index (χ3v) is 3.58. The summed E-state index contributed by atoms with van der Waals surface area (Å²) in [6, 6.07) is 1.66. The molecule has 1 unspecified atom stereocenters. The van der Waals surface area contributed by atoms with Gasteiger partial charge in [0.15, 0.2) is 0 Å². The second-order valence-electron chi connectivity index (χ2n) is 5.03. The second-order valence-corrected chi connectivity index (χ2v) is 5.03. The number of carbonyl (C=O) groups excluding carboxylic acids is 1. The maximum absolute atomic E-state index is 11.6. The summed E-state index contributed by atoms with van der Waals surface area (Å²) in [6.07, 6.45) is 3.98. The van der Waals surface area contributed by atoms with Gasteiger partial charge in [0.05, 0.1) is 18.4 Å². The zero-order valence-electron chi connectivity index (χ0n) is 11.3. The Morgan fingerprint density at radius 1 is 1.63 bits per heavy atom. The molecule has 0 radical (unpaired) electrons. The Balaban J connectivity index is 1.97. The number of likely N-dealkylation sites (tertiary alicyclic amines) is 1. The van der Waals surface area contributed by atoms with Gasteiger partial charge in [0.2, 0.25) is 0 Å². The fourth-order valence-corrected chi connectivity index (χ4v) is 2.70. The topological polar surface area (TPSA) is 83.5 Å². The van der Waals surface area contributed by atoms with Crippen molar-refractivity contribution in [2.75, 3.05) is 26.7 Å². The van der Waals surface area contributed by atoms with Crippen molar-refractivity contribution in [3.05, 3.63) is 23.7 Å². The van der Waals surface area contributed by atoms with E-state index in [1.165, 1.54) is 19.1 Å². The van der Waals surface area contributed by atoms with Crippen molar-refractivity contribution in [3.8, 4) is 0 Å². The average molecular weight is 266 g/mol. The van der Waals surface area contributed by atoms with Gasteiger partial charge >= 0.3 is 0 Å². The van der Waals surface area contributed by atoms with Gasteiger partial charge in [-0.1, -0.05) is 0 Å². The lowest BCUT2D eigenvalue weighted by Gasteiger charge is -2.32. The van der Waals surface area contributed by atoms with Crippen LogP contribution in [0.5, 0.6) is 0 Å². The number of amides is 1. The number of hydrogen-bond acceptors (Lipinski definition) is 5. The Kier molecular flexibility index (Phi) is 4.95. The van der Waals surface area contributed by atoms with Crippen LogP contribution in [0.15, 0.2) is 16.7 Å². The first kappa shape index (κ1) is 14.0. The molecule has 1 saturated heterocycles. The molecule has 1 amide bonds. The number of hydrazine groups is 1. The van der Waals surface area contributed by atoms with E-state index in [9.17, 15) is 4.79 Å². The van der Waals surface area contributed by atoms with Crippen molar-refractivity contribution in [3.63, 3.8) is 0 Å². The smallest absolute Gasteiger partial charge is 0.268 e. The predicted molar refractivity (Wildman–Crippen MR) is 72.3 cm³/mol. The number of nitrogen functional groups attached to an aromatic ring is 1. The van der Waals surface area contributed by atoms with E-state index in [1.54, 1.807) is 6.07 Å². The van der Waals surface area contributed by atoms with Gasteiger partial charge in [0.1, 0.15) is 5.76 Å². The Labute approximate surface area is 113 Å². The number of rotatable bonds is 5. The first-order valence-corrected chi connectivity index (χ1v) is 6.69. The largest absolute Gasteiger partial charge is 0.467 e. The molecule has 2 heterocycles. The number of piperidine rings is 1. The number of furan rings is 1. The zero-order chi connectivity index (χ0) is 13.7. The first-order valence-electron chi connectivity index (χ1n) is 6.69. The third-order valence-electron chi connectivity index (χ3n) is 3.58. The summed E-state index contributed by atoms with van der Waals surface area (Å²) in [6.45, 7) is 3.77. The minimum atomic E-state index is -0.299. The molecule has 6 heteroatoms. The summed E-state index contributed by atoms with van der Waals surface area (Å²) in [5, 5.41) is 3.22. The number of carbonyl (C=O) groups is 1. The van der Waals surface area contributed by atoms with Crippen molar-refractivity contribution in [2.24, 2.45) is 11.8 Å². The summed E-state index contributed by atoms with van der Waals surface area (Å²) in [5.74, 6) is 6.22. The normalized spacial score (nSPS) is 20.4. The van der Waals surface area contributed by atoms with E-state index < -0.39 is 0 Å². The molecule has 1 aliphatic rings. The number of hydrogen-bond donors (Lipinski definition) is 3. The van der Waals surface area contributed by atoms with E-state index in [1.807, 2.05) is 7.05 Å². The van der Waals surface area contributed by atoms with E-state index in [4.69, 9.17) is 10.3 Å². The van der Waals surface area contributed by atoms with E-state index in [2.05, 4.69) is 15.6 Å². The second kappa shape index (κ2) is 6.70. The van der Waals surface area contributed by atoms with Crippen LogP contribution in [-0.4, -0.2) is 37.5 Å². The van der Waals surface area contributed by atoms with Crippen LogP contribution in [0.4, 0.5) is 0 Å². The van der Waals surface area contributed by atoms with Crippen LogP contribution in [-0.2, 0) is 6.54 Å². The van der Waals surface area contributed by atoms with Gasteiger partial charge in [0.25, 0.3) is 5.91 Å². The van der Waals surface area contributed by atoms with Crippen LogP contribution in [0.2, 0.25) is 0 Å². The third kappa shape index (κ3) is 3.56. The minimum absolute atomic E-state index is 0.299. The fraction of sp³-hybridized carbons (Fsp3) is 0.615. The molecule has 6 nitrogen and oxygen atoms in total. The van der Waals surface area contributed by atoms with E-state index >= 15 is 0 Å². The standard InChI is InChI=1S/C13H22N4O2/c1-15-7-10-3-2-5-17(8-10)9-12-11(4-6-19-12)13(18)16-14/h4,6,10,15H,2-3,5,7-9,14H2,1H3,(H,16,18). The first-order chi connectivity index (χ1) is 9.24. The lowest BCUT2D eigenvalue weighted by Crippen LogP contribution is -2.39. The summed E-state index contributed by atoms with van der Waals surface area (Å²) in [7, 11) is 1.98. The molecule has 1 aliphatic heterocycles. The molecule has 2 rings (SSSR count). The van der Waals surface area contributed by atoms with Gasteiger partial charge in [-0.3, -0.25) is 15.1 Å². The highest BCUT2D eigenvalue weighted by Gasteiger charge is 2.22. The maximum Gasteiger partial charge on any atom is 0.268 e. The van der Waals surface area contributed by atoms with Crippen molar-refractivity contribution in [2.45, 2.75) is 19.4 Å². The molecule has 0 bridgehead atoms. The van der Waals surface area contributed by atoms with Gasteiger partial charge < -0.3 is 9.73 Å². The molecule has 0 saturated carbocycles. The Hall–Kier alpha value is -1.37. The molecular formula is C13H22N4O2. The molecule has 1 aromatic rings. The molecule has 1 aromatic heterocycles. The molecule has 0 spiro atoms. The predicted octanol–water partition coefficient (Wildman–Crippen LogP) is 0.315. The highest BCUT2D eigenvalue weighted by molar-refractivity contribution is 5.94. The van der Waals surface area contributed by atoms with Gasteiger partial charge in [-0.2, -0.15) is 0 Å². The molecule has 19 heavy (non-hydrogen) atoms. The lowest BCUT2D eigenvalue weighted by molar-refractivity contribution is 0.0947. The quantitative estimate of drug-likeness (QED) is 0.406. The van der Waals surface area contributed by atoms with E-state index in [0.717, 1.165) is 19.6 Å². The van der Waals surface area contributed by atoms with Gasteiger partial charge in [0, 0.05) is 6.54 Å². The summed E-state index contributed by atoms with van der Waals surface area (Å²) < 4.78 is 5.41. The van der Waals surface area contributed by atoms with Crippen molar-refractivity contribution >= 4 is 5.91 Å². The molecular weight excluding hydrogens is 244 g/mol. The lowest BCUT2D eigenvalue weighted by atomic mass is 9.98. The van der Waals surface area contributed by atoms with Crippen LogP contribution < -0.4 is 16.6 Å². The summed E-state index contributed by atoms with van der Waals surface area (Å²) in [5.41, 5.74) is 2.67. The van der Waals surface area contributed by atoms with E-state index in [0.29, 0.717) is 23.8 Å². The Morgan fingerprint density at radius 3 is 3.21 bits per heavy atom. The fourth-order valence-electron chi connectivity index (χ4n) is 2.70. The SMILES string of the molecule is CNCC1CCCN(Cc2occc2C(=O)NN)C1. The van der Waals surface area contributed by atoms with Crippen molar-refractivity contribution < 1.29 is 9.21 Å². The van der Waals surface area contributed by atoms with Crippen LogP contribution in [0.1, 0.15) is 29.0 Å². The van der Waals surface area contributed by atoms with Gasteiger partial charge in [-0.25, -0.2) is 5.84 Å². The summed E-state index contributed by atoms with van der Waals surface area (Å²) in [4.78, 5) is 13.9. The number of nitrogens with two attached hydrogens (primary N) is 1. The Bertz CT molecular complexity index is 417. The van der Waals surface area contributed by atoms with Crippen LogP contribution in [0.25, 0.3) is 0 Å². The number of nitrogens with one attached hydrogen (secondary N) is 2. The average Bonchev–Trinajstić information content (AvgIpc) is 2.87. The Morgan fingerprint density at radius 2 is 2.47 bits per heavy atom.